The van der Waals surface area contributed by atoms with Gasteiger partial charge in [-0.2, -0.15) is 0 Å². The van der Waals surface area contributed by atoms with Gasteiger partial charge in [0.05, 0.1) is 12.8 Å². The van der Waals surface area contributed by atoms with Crippen LogP contribution >= 0.6 is 0 Å². The van der Waals surface area contributed by atoms with Crippen molar-refractivity contribution in [3.8, 4) is 11.1 Å². The Morgan fingerprint density at radius 3 is 2.39 bits per heavy atom. The van der Waals surface area contributed by atoms with E-state index in [4.69, 9.17) is 9.15 Å². The molecule has 0 aliphatic carbocycles. The first-order valence-electron chi connectivity index (χ1n) is 9.69. The molecule has 0 unspecified atom stereocenters. The van der Waals surface area contributed by atoms with Crippen LogP contribution in [0.25, 0.3) is 21.9 Å². The van der Waals surface area contributed by atoms with Gasteiger partial charge in [0.15, 0.2) is 6.61 Å². The molecule has 7 heteroatoms. The van der Waals surface area contributed by atoms with Gasteiger partial charge in [-0.25, -0.2) is 4.79 Å². The van der Waals surface area contributed by atoms with Crippen molar-refractivity contribution < 1.29 is 18.7 Å². The van der Waals surface area contributed by atoms with Crippen molar-refractivity contribution in [1.82, 2.24) is 9.88 Å². The minimum Gasteiger partial charge on any atom is -0.467 e. The first-order chi connectivity index (χ1) is 15.1. The van der Waals surface area contributed by atoms with E-state index in [2.05, 4.69) is 5.32 Å². The van der Waals surface area contributed by atoms with Crippen LogP contribution in [-0.4, -0.2) is 23.1 Å². The number of nitrogens with one attached hydrogen (secondary N) is 1. The summed E-state index contributed by atoms with van der Waals surface area (Å²) in [6.07, 6.45) is 1.51. The smallest absolute Gasteiger partial charge is 0.356 e. The second-order valence-corrected chi connectivity index (χ2v) is 6.93. The minimum atomic E-state index is -0.752. The van der Waals surface area contributed by atoms with Gasteiger partial charge in [0.1, 0.15) is 11.5 Å². The number of nitrogens with zero attached hydrogens (tertiary/aromatic N) is 1. The van der Waals surface area contributed by atoms with E-state index >= 15 is 0 Å². The molecule has 4 rings (SSSR count). The van der Waals surface area contributed by atoms with Crippen LogP contribution in [-0.2, 0) is 23.1 Å². The number of esters is 1. The summed E-state index contributed by atoms with van der Waals surface area (Å²) >= 11 is 0. The molecule has 0 fully saturated rings. The Hall–Kier alpha value is -4.13. The van der Waals surface area contributed by atoms with Gasteiger partial charge in [0.2, 0.25) is 0 Å². The molecule has 0 spiro atoms. The fourth-order valence-corrected chi connectivity index (χ4v) is 3.45. The lowest BCUT2D eigenvalue weighted by atomic mass is 9.97. The van der Waals surface area contributed by atoms with E-state index in [9.17, 15) is 14.4 Å². The second-order valence-electron chi connectivity index (χ2n) is 6.93. The molecular formula is C24H20N2O5. The highest BCUT2D eigenvalue weighted by molar-refractivity contribution is 6.06. The molecule has 0 aliphatic rings. The van der Waals surface area contributed by atoms with E-state index in [1.807, 2.05) is 36.4 Å². The number of ether oxygens (including phenoxy) is 1. The number of carbonyl (C=O) groups is 2. The van der Waals surface area contributed by atoms with Gasteiger partial charge >= 0.3 is 5.97 Å². The number of amides is 1. The largest absolute Gasteiger partial charge is 0.467 e. The Labute approximate surface area is 177 Å². The standard InChI is InChI=1S/C24H20N2O5/c1-26-22(24(29)31-15-20(27)25-14-17-10-7-13-30-17)21(16-8-3-2-4-9-16)18-11-5-6-12-19(18)23(26)28/h2-13H,14-15H2,1H3,(H,25,27). The molecule has 0 saturated heterocycles. The number of pyridine rings is 1. The van der Waals surface area contributed by atoms with Crippen molar-refractivity contribution in [3.63, 3.8) is 0 Å². The second kappa shape index (κ2) is 8.71. The third-order valence-electron chi connectivity index (χ3n) is 4.93. The minimum absolute atomic E-state index is 0.0914. The molecule has 4 aromatic rings. The van der Waals surface area contributed by atoms with Gasteiger partial charge < -0.3 is 19.0 Å². The van der Waals surface area contributed by atoms with Gasteiger partial charge in [0.25, 0.3) is 11.5 Å². The Balaban J connectivity index is 1.66. The molecule has 1 N–H and O–H groups in total. The highest BCUT2D eigenvalue weighted by Crippen LogP contribution is 2.30. The topological polar surface area (TPSA) is 90.5 Å². The van der Waals surface area contributed by atoms with Crippen LogP contribution in [0.4, 0.5) is 0 Å². The molecule has 7 nitrogen and oxygen atoms in total. The molecule has 2 aromatic carbocycles. The summed E-state index contributed by atoms with van der Waals surface area (Å²) in [5.41, 5.74) is 1.13. The maximum Gasteiger partial charge on any atom is 0.356 e. The van der Waals surface area contributed by atoms with Crippen molar-refractivity contribution >= 4 is 22.6 Å². The number of hydrogen-bond acceptors (Lipinski definition) is 5. The van der Waals surface area contributed by atoms with Crippen LogP contribution in [0.15, 0.2) is 82.2 Å². The van der Waals surface area contributed by atoms with Gasteiger partial charge in [0, 0.05) is 18.0 Å². The van der Waals surface area contributed by atoms with Gasteiger partial charge in [-0.3, -0.25) is 9.59 Å². The van der Waals surface area contributed by atoms with E-state index in [-0.39, 0.29) is 17.8 Å². The van der Waals surface area contributed by atoms with Crippen LogP contribution < -0.4 is 10.9 Å². The Bertz CT molecular complexity index is 1290. The van der Waals surface area contributed by atoms with E-state index in [1.165, 1.54) is 17.9 Å². The first-order valence-corrected chi connectivity index (χ1v) is 9.69. The molecule has 0 saturated carbocycles. The SMILES string of the molecule is Cn1c(C(=O)OCC(=O)NCc2ccco2)c(-c2ccccc2)c2ccccc2c1=O. The number of benzene rings is 2. The van der Waals surface area contributed by atoms with E-state index in [0.29, 0.717) is 22.1 Å². The average molecular weight is 416 g/mol. The molecule has 2 aromatic heterocycles. The predicted octanol–water partition coefficient (Wildman–Crippen LogP) is 3.27. The number of carbonyl (C=O) groups excluding carboxylic acids is 2. The van der Waals surface area contributed by atoms with Crippen LogP contribution in [0.5, 0.6) is 0 Å². The van der Waals surface area contributed by atoms with Crippen LogP contribution in [0, 0.1) is 0 Å². The number of aromatic nitrogens is 1. The predicted molar refractivity (Wildman–Crippen MR) is 115 cm³/mol. The number of hydrogen-bond donors (Lipinski definition) is 1. The fraction of sp³-hybridized carbons (Fsp3) is 0.125. The maximum atomic E-state index is 13.0. The number of fused-ring (bicyclic) bond motifs is 1. The highest BCUT2D eigenvalue weighted by Gasteiger charge is 2.23. The maximum absolute atomic E-state index is 13.0. The van der Waals surface area contributed by atoms with Crippen molar-refractivity contribution in [2.75, 3.05) is 6.61 Å². The fourth-order valence-electron chi connectivity index (χ4n) is 3.45. The third kappa shape index (κ3) is 4.11. The van der Waals surface area contributed by atoms with E-state index in [0.717, 1.165) is 5.56 Å². The van der Waals surface area contributed by atoms with Crippen molar-refractivity contribution in [1.29, 1.82) is 0 Å². The molecule has 0 radical (unpaired) electrons. The Kier molecular flexibility index (Phi) is 5.66. The Morgan fingerprint density at radius 1 is 0.968 bits per heavy atom. The zero-order valence-electron chi connectivity index (χ0n) is 16.8. The first kappa shape index (κ1) is 20.2. The molecule has 0 aliphatic heterocycles. The third-order valence-corrected chi connectivity index (χ3v) is 4.93. The molecular weight excluding hydrogens is 396 g/mol. The summed E-state index contributed by atoms with van der Waals surface area (Å²) < 4.78 is 11.7. The van der Waals surface area contributed by atoms with Gasteiger partial charge in [-0.1, -0.05) is 48.5 Å². The molecule has 31 heavy (non-hydrogen) atoms. The molecule has 156 valence electrons. The normalized spacial score (nSPS) is 10.7. The summed E-state index contributed by atoms with van der Waals surface area (Å²) in [6.45, 7) is -0.290. The van der Waals surface area contributed by atoms with Crippen LogP contribution in [0.3, 0.4) is 0 Å². The monoisotopic (exact) mass is 416 g/mol. The lowest BCUT2D eigenvalue weighted by Crippen LogP contribution is -2.30. The van der Waals surface area contributed by atoms with E-state index < -0.39 is 18.5 Å². The summed E-state index contributed by atoms with van der Waals surface area (Å²) in [5.74, 6) is -0.642. The van der Waals surface area contributed by atoms with Crippen LogP contribution in [0.2, 0.25) is 0 Å². The molecule has 2 heterocycles. The molecule has 1 amide bonds. The van der Waals surface area contributed by atoms with Crippen molar-refractivity contribution in [2.45, 2.75) is 6.54 Å². The molecule has 0 atom stereocenters. The average Bonchev–Trinajstić information content (AvgIpc) is 3.32. The lowest BCUT2D eigenvalue weighted by molar-refractivity contribution is -0.124. The van der Waals surface area contributed by atoms with Gasteiger partial charge in [-0.15, -0.1) is 0 Å². The summed E-state index contributed by atoms with van der Waals surface area (Å²) in [5, 5.41) is 3.76. The van der Waals surface area contributed by atoms with Crippen molar-refractivity contribution in [2.24, 2.45) is 7.05 Å². The Morgan fingerprint density at radius 2 is 1.68 bits per heavy atom. The summed E-state index contributed by atoms with van der Waals surface area (Å²) in [6, 6.07) is 19.8. The van der Waals surface area contributed by atoms with Crippen LogP contribution in [0.1, 0.15) is 16.2 Å². The lowest BCUT2D eigenvalue weighted by Gasteiger charge is -2.16. The number of furan rings is 1. The number of rotatable bonds is 6. The van der Waals surface area contributed by atoms with Gasteiger partial charge in [-0.05, 0) is 29.1 Å². The summed E-state index contributed by atoms with van der Waals surface area (Å²) in [4.78, 5) is 38.0. The molecule has 0 bridgehead atoms. The zero-order chi connectivity index (χ0) is 21.8. The summed E-state index contributed by atoms with van der Waals surface area (Å²) in [7, 11) is 1.52. The quantitative estimate of drug-likeness (QED) is 0.487. The van der Waals surface area contributed by atoms with E-state index in [1.54, 1.807) is 30.3 Å². The van der Waals surface area contributed by atoms with Crippen molar-refractivity contribution in [3.05, 3.63) is 94.8 Å². The zero-order valence-corrected chi connectivity index (χ0v) is 16.8. The highest BCUT2D eigenvalue weighted by atomic mass is 16.5.